The summed E-state index contributed by atoms with van der Waals surface area (Å²) in [5.41, 5.74) is 0.305. The molecule has 1 aromatic heterocycles. The lowest BCUT2D eigenvalue weighted by molar-refractivity contribution is 0.151. The summed E-state index contributed by atoms with van der Waals surface area (Å²) in [7, 11) is 0. The lowest BCUT2D eigenvalue weighted by Gasteiger charge is -1.96. The Balaban J connectivity index is 2.16. The molecule has 0 radical (unpaired) electrons. The van der Waals surface area contributed by atoms with E-state index in [1.54, 1.807) is 6.92 Å². The summed E-state index contributed by atoms with van der Waals surface area (Å²) >= 11 is 0. The van der Waals surface area contributed by atoms with Crippen LogP contribution in [0.25, 0.3) is 0 Å². The van der Waals surface area contributed by atoms with Crippen molar-refractivity contribution >= 4 is 0 Å². The van der Waals surface area contributed by atoms with Crippen molar-refractivity contribution in [1.82, 2.24) is 10.1 Å². The maximum Gasteiger partial charge on any atom is 0.255 e. The van der Waals surface area contributed by atoms with Gasteiger partial charge in [0.25, 0.3) is 5.89 Å². The first kappa shape index (κ1) is 8.69. The van der Waals surface area contributed by atoms with Crippen molar-refractivity contribution in [3.05, 3.63) is 11.7 Å². The van der Waals surface area contributed by atoms with Crippen LogP contribution in [0.15, 0.2) is 4.52 Å². The maximum absolute atomic E-state index is 9.17. The van der Waals surface area contributed by atoms with Crippen LogP contribution < -0.4 is 0 Å². The molecule has 0 saturated heterocycles. The summed E-state index contributed by atoms with van der Waals surface area (Å²) in [6.45, 7) is 5.97. The molecule has 1 aromatic rings. The van der Waals surface area contributed by atoms with Crippen molar-refractivity contribution in [2.45, 2.75) is 39.2 Å². The van der Waals surface area contributed by atoms with Gasteiger partial charge in [0, 0.05) is 5.92 Å². The van der Waals surface area contributed by atoms with Crippen molar-refractivity contribution in [3.8, 4) is 0 Å². The minimum absolute atomic E-state index is 0.305. The number of hydrogen-bond donors (Lipinski definition) is 1. The first-order valence-electron chi connectivity index (χ1n) is 4.52. The number of nitrogens with zero attached hydrogens (tertiary/aromatic N) is 2. The van der Waals surface area contributed by atoms with Crippen molar-refractivity contribution in [2.75, 3.05) is 0 Å². The number of rotatable bonds is 2. The summed E-state index contributed by atoms with van der Waals surface area (Å²) in [6.07, 6.45) is 0.439. The predicted octanol–water partition coefficient (Wildman–Crippen LogP) is 1.64. The van der Waals surface area contributed by atoms with Crippen LogP contribution >= 0.6 is 0 Å². The van der Waals surface area contributed by atoms with E-state index in [1.165, 1.54) is 0 Å². The molecule has 2 unspecified atom stereocenters. The van der Waals surface area contributed by atoms with E-state index in [9.17, 15) is 5.11 Å². The second kappa shape index (κ2) is 2.54. The Morgan fingerprint density at radius 2 is 2.23 bits per heavy atom. The Morgan fingerprint density at radius 3 is 2.62 bits per heavy atom. The first-order chi connectivity index (χ1) is 6.00. The SMILES string of the molecule is CC(O)c1nc(C2CC2(C)C)no1. The zero-order valence-electron chi connectivity index (χ0n) is 8.11. The van der Waals surface area contributed by atoms with E-state index in [1.807, 2.05) is 0 Å². The van der Waals surface area contributed by atoms with Crippen LogP contribution in [-0.4, -0.2) is 15.2 Å². The van der Waals surface area contributed by atoms with Crippen molar-refractivity contribution in [2.24, 2.45) is 5.41 Å². The molecule has 2 rings (SSSR count). The summed E-state index contributed by atoms with van der Waals surface area (Å²) in [6, 6.07) is 0. The Hall–Kier alpha value is -0.900. The highest BCUT2D eigenvalue weighted by molar-refractivity contribution is 5.14. The quantitative estimate of drug-likeness (QED) is 0.755. The van der Waals surface area contributed by atoms with Gasteiger partial charge < -0.3 is 9.63 Å². The van der Waals surface area contributed by atoms with E-state index < -0.39 is 6.10 Å². The van der Waals surface area contributed by atoms with Gasteiger partial charge in [-0.2, -0.15) is 4.98 Å². The van der Waals surface area contributed by atoms with E-state index in [-0.39, 0.29) is 0 Å². The molecule has 4 heteroatoms. The Morgan fingerprint density at radius 1 is 1.62 bits per heavy atom. The van der Waals surface area contributed by atoms with Crippen molar-refractivity contribution < 1.29 is 9.63 Å². The smallest absolute Gasteiger partial charge is 0.255 e. The fourth-order valence-electron chi connectivity index (χ4n) is 1.47. The lowest BCUT2D eigenvalue weighted by Crippen LogP contribution is -1.94. The van der Waals surface area contributed by atoms with E-state index in [4.69, 9.17) is 4.52 Å². The molecule has 72 valence electrons. The zero-order valence-corrected chi connectivity index (χ0v) is 8.11. The zero-order chi connectivity index (χ0) is 9.64. The molecule has 0 amide bonds. The van der Waals surface area contributed by atoms with Crippen molar-refractivity contribution in [3.63, 3.8) is 0 Å². The highest BCUT2D eigenvalue weighted by atomic mass is 16.5. The lowest BCUT2D eigenvalue weighted by atomic mass is 10.1. The van der Waals surface area contributed by atoms with Gasteiger partial charge in [0.1, 0.15) is 6.10 Å². The van der Waals surface area contributed by atoms with Gasteiger partial charge >= 0.3 is 0 Å². The second-order valence-corrected chi connectivity index (χ2v) is 4.41. The van der Waals surface area contributed by atoms with E-state index >= 15 is 0 Å². The molecule has 1 saturated carbocycles. The van der Waals surface area contributed by atoms with Gasteiger partial charge in [-0.3, -0.25) is 0 Å². The second-order valence-electron chi connectivity index (χ2n) is 4.41. The molecule has 1 aliphatic carbocycles. The number of hydrogen-bond acceptors (Lipinski definition) is 4. The van der Waals surface area contributed by atoms with Crippen LogP contribution in [0.4, 0.5) is 0 Å². The van der Waals surface area contributed by atoms with Gasteiger partial charge in [0.05, 0.1) is 0 Å². The fraction of sp³-hybridized carbons (Fsp3) is 0.778. The molecular formula is C9H14N2O2. The largest absolute Gasteiger partial charge is 0.384 e. The average molecular weight is 182 g/mol. The summed E-state index contributed by atoms with van der Waals surface area (Å²) in [4.78, 5) is 4.14. The normalized spacial score (nSPS) is 27.2. The maximum atomic E-state index is 9.17. The minimum Gasteiger partial charge on any atom is -0.384 e. The topological polar surface area (TPSA) is 59.2 Å². The molecule has 0 aromatic carbocycles. The predicted molar refractivity (Wildman–Crippen MR) is 46.1 cm³/mol. The number of aromatic nitrogens is 2. The number of aliphatic hydroxyl groups is 1. The minimum atomic E-state index is -0.664. The first-order valence-corrected chi connectivity index (χ1v) is 4.52. The van der Waals surface area contributed by atoms with Crippen molar-refractivity contribution in [1.29, 1.82) is 0 Å². The van der Waals surface area contributed by atoms with Gasteiger partial charge in [-0.15, -0.1) is 0 Å². The highest BCUT2D eigenvalue weighted by Gasteiger charge is 2.49. The molecule has 1 aliphatic rings. The molecule has 1 N–H and O–H groups in total. The van der Waals surface area contributed by atoms with Gasteiger partial charge in [-0.1, -0.05) is 19.0 Å². The molecule has 0 aliphatic heterocycles. The van der Waals surface area contributed by atoms with E-state index in [0.717, 1.165) is 12.2 Å². The average Bonchev–Trinajstić information content (AvgIpc) is 2.50. The molecule has 0 bridgehead atoms. The summed E-state index contributed by atoms with van der Waals surface area (Å²) in [5, 5.41) is 13.0. The highest BCUT2D eigenvalue weighted by Crippen LogP contribution is 2.57. The Kier molecular flexibility index (Phi) is 1.70. The third-order valence-electron chi connectivity index (χ3n) is 2.64. The summed E-state index contributed by atoms with van der Waals surface area (Å²) < 4.78 is 4.91. The molecule has 4 nitrogen and oxygen atoms in total. The van der Waals surface area contributed by atoms with Crippen LogP contribution in [-0.2, 0) is 0 Å². The van der Waals surface area contributed by atoms with E-state index in [0.29, 0.717) is 17.2 Å². The molecule has 2 atom stereocenters. The molecule has 13 heavy (non-hydrogen) atoms. The van der Waals surface area contributed by atoms with E-state index in [2.05, 4.69) is 24.0 Å². The molecule has 1 fully saturated rings. The molecule has 1 heterocycles. The molecular weight excluding hydrogens is 168 g/mol. The monoisotopic (exact) mass is 182 g/mol. The third kappa shape index (κ3) is 1.46. The van der Waals surface area contributed by atoms with Crippen LogP contribution in [0, 0.1) is 5.41 Å². The van der Waals surface area contributed by atoms with Crippen LogP contribution in [0.3, 0.4) is 0 Å². The third-order valence-corrected chi connectivity index (χ3v) is 2.64. The van der Waals surface area contributed by atoms with Gasteiger partial charge in [0.15, 0.2) is 5.82 Å². The van der Waals surface area contributed by atoms with Crippen LogP contribution in [0.1, 0.15) is 50.9 Å². The fourth-order valence-corrected chi connectivity index (χ4v) is 1.47. The van der Waals surface area contributed by atoms with Gasteiger partial charge in [0.2, 0.25) is 0 Å². The van der Waals surface area contributed by atoms with Gasteiger partial charge in [-0.05, 0) is 18.8 Å². The van der Waals surface area contributed by atoms with Crippen LogP contribution in [0.2, 0.25) is 0 Å². The number of aliphatic hydroxyl groups excluding tert-OH is 1. The standard InChI is InChI=1S/C9H14N2O2/c1-5(12)8-10-7(11-13-8)6-4-9(6,2)3/h5-6,12H,4H2,1-3H3. The molecule has 0 spiro atoms. The Labute approximate surface area is 77.0 Å². The summed E-state index contributed by atoms with van der Waals surface area (Å²) in [5.74, 6) is 1.46. The van der Waals surface area contributed by atoms with Crippen LogP contribution in [0.5, 0.6) is 0 Å². The Bertz CT molecular complexity index is 317. The van der Waals surface area contributed by atoms with Gasteiger partial charge in [-0.25, -0.2) is 0 Å².